The van der Waals surface area contributed by atoms with Crippen LogP contribution in [0.15, 0.2) is 60.8 Å². The molecule has 1 aliphatic rings. The van der Waals surface area contributed by atoms with Crippen LogP contribution in [0.4, 0.5) is 18.9 Å². The number of fused-ring (bicyclic) bond motifs is 2. The normalized spacial score (nSPS) is 13.1. The van der Waals surface area contributed by atoms with Crippen LogP contribution in [0.2, 0.25) is 0 Å². The van der Waals surface area contributed by atoms with Gasteiger partial charge in [0.05, 0.1) is 31.2 Å². The van der Waals surface area contributed by atoms with Gasteiger partial charge in [0.15, 0.2) is 5.75 Å². The summed E-state index contributed by atoms with van der Waals surface area (Å²) in [5.41, 5.74) is 2.86. The van der Waals surface area contributed by atoms with Crippen LogP contribution in [0.3, 0.4) is 0 Å². The average Bonchev–Trinajstić information content (AvgIpc) is 3.26. The number of nitrogens with zero attached hydrogens (tertiary/aromatic N) is 3. The maximum atomic E-state index is 13.5. The number of ether oxygens (including phenoxy) is 2. The molecule has 0 atom stereocenters. The van der Waals surface area contributed by atoms with Gasteiger partial charge in [-0.05, 0) is 53.4 Å². The van der Waals surface area contributed by atoms with Crippen molar-refractivity contribution in [1.82, 2.24) is 9.88 Å². The number of hydrogen-bond acceptors (Lipinski definition) is 6. The molecule has 8 nitrogen and oxygen atoms in total. The summed E-state index contributed by atoms with van der Waals surface area (Å²) in [6, 6.07) is 14.8. The highest BCUT2D eigenvalue weighted by Crippen LogP contribution is 2.45. The Balaban J connectivity index is 1.70. The summed E-state index contributed by atoms with van der Waals surface area (Å²) in [4.78, 5) is 19.1. The first-order valence-corrected chi connectivity index (χ1v) is 14.8. The zero-order valence-corrected chi connectivity index (χ0v) is 23.9. The summed E-state index contributed by atoms with van der Waals surface area (Å²) >= 11 is 0. The van der Waals surface area contributed by atoms with Crippen LogP contribution < -0.4 is 13.8 Å². The maximum absolute atomic E-state index is 13.5. The van der Waals surface area contributed by atoms with Gasteiger partial charge < -0.3 is 14.4 Å². The van der Waals surface area contributed by atoms with Gasteiger partial charge in [-0.15, -0.1) is 0 Å². The number of amides is 1. The maximum Gasteiger partial charge on any atom is 0.258 e. The fourth-order valence-corrected chi connectivity index (χ4v) is 5.54. The number of benzene rings is 3. The van der Waals surface area contributed by atoms with Crippen molar-refractivity contribution in [3.8, 4) is 11.5 Å². The smallest absolute Gasteiger partial charge is 0.258 e. The zero-order chi connectivity index (χ0) is 30.2. The van der Waals surface area contributed by atoms with E-state index in [2.05, 4.69) is 4.98 Å². The van der Waals surface area contributed by atoms with Gasteiger partial charge >= 0.3 is 0 Å². The highest BCUT2D eigenvalue weighted by molar-refractivity contribution is 7.92. The molecule has 1 amide bonds. The number of hydrogen-bond donors (Lipinski definition) is 0. The molecule has 220 valence electrons. The van der Waals surface area contributed by atoms with E-state index in [0.29, 0.717) is 23.1 Å². The molecule has 42 heavy (non-hydrogen) atoms. The van der Waals surface area contributed by atoms with E-state index in [9.17, 15) is 26.4 Å². The summed E-state index contributed by atoms with van der Waals surface area (Å²) in [6.07, 6.45) is 0.153. The third-order valence-corrected chi connectivity index (χ3v) is 8.29. The SMILES string of the molecule is COc1ccc(COc2c3c(c(N(C)S(C)(=O)=O)c4cc(Cc5ccc(F)cc5)cnc24)CN(CC(F)F)C3=O)cc1. The molecule has 0 saturated carbocycles. The minimum absolute atomic E-state index is 0.000876. The second-order valence-electron chi connectivity index (χ2n) is 10.0. The van der Waals surface area contributed by atoms with Crippen molar-refractivity contribution in [2.45, 2.75) is 26.0 Å². The molecule has 1 aliphatic heterocycles. The topological polar surface area (TPSA) is 89.0 Å². The minimum atomic E-state index is -3.84. The van der Waals surface area contributed by atoms with Gasteiger partial charge in [0.25, 0.3) is 12.3 Å². The third kappa shape index (κ3) is 5.85. The van der Waals surface area contributed by atoms with Crippen LogP contribution in [-0.4, -0.2) is 57.6 Å². The van der Waals surface area contributed by atoms with Gasteiger partial charge in [-0.2, -0.15) is 0 Å². The van der Waals surface area contributed by atoms with Gasteiger partial charge in [-0.1, -0.05) is 24.3 Å². The predicted octanol–water partition coefficient (Wildman–Crippen LogP) is 5.17. The van der Waals surface area contributed by atoms with Crippen molar-refractivity contribution in [1.29, 1.82) is 0 Å². The van der Waals surface area contributed by atoms with Crippen molar-refractivity contribution in [3.05, 3.63) is 94.4 Å². The van der Waals surface area contributed by atoms with Crippen molar-refractivity contribution in [2.75, 3.05) is 31.3 Å². The third-order valence-electron chi connectivity index (χ3n) is 7.11. The van der Waals surface area contributed by atoms with Crippen LogP contribution in [0.5, 0.6) is 11.5 Å². The molecule has 12 heteroatoms. The van der Waals surface area contributed by atoms with Crippen molar-refractivity contribution in [2.24, 2.45) is 0 Å². The lowest BCUT2D eigenvalue weighted by molar-refractivity contribution is 0.0575. The predicted molar refractivity (Wildman–Crippen MR) is 152 cm³/mol. The van der Waals surface area contributed by atoms with Crippen molar-refractivity contribution < 1.29 is 35.9 Å². The number of halogens is 3. The number of pyridine rings is 1. The molecule has 5 rings (SSSR count). The Bertz CT molecular complexity index is 1750. The first-order chi connectivity index (χ1) is 20.0. The number of aromatic nitrogens is 1. The number of rotatable bonds is 10. The molecular weight excluding hydrogens is 571 g/mol. The molecule has 0 unspecified atom stereocenters. The van der Waals surface area contributed by atoms with Gasteiger partial charge in [0, 0.05) is 30.7 Å². The monoisotopic (exact) mass is 599 g/mol. The van der Waals surface area contributed by atoms with E-state index >= 15 is 0 Å². The molecule has 0 N–H and O–H groups in total. The summed E-state index contributed by atoms with van der Waals surface area (Å²) < 4.78 is 78.3. The van der Waals surface area contributed by atoms with E-state index < -0.39 is 28.9 Å². The van der Waals surface area contributed by atoms with Crippen molar-refractivity contribution in [3.63, 3.8) is 0 Å². The van der Waals surface area contributed by atoms with E-state index in [1.54, 1.807) is 55.8 Å². The Kier molecular flexibility index (Phi) is 8.00. The number of methoxy groups -OCH3 is 1. The Hall–Kier alpha value is -4.32. The van der Waals surface area contributed by atoms with Crippen molar-refractivity contribution >= 4 is 32.5 Å². The van der Waals surface area contributed by atoms with Gasteiger partial charge in [0.2, 0.25) is 10.0 Å². The van der Waals surface area contributed by atoms with Crippen LogP contribution in [0.1, 0.15) is 32.6 Å². The summed E-state index contributed by atoms with van der Waals surface area (Å²) in [5, 5.41) is 0.373. The van der Waals surface area contributed by atoms with E-state index in [4.69, 9.17) is 9.47 Å². The lowest BCUT2D eigenvalue weighted by atomic mass is 9.98. The second kappa shape index (κ2) is 11.5. The molecule has 0 fully saturated rings. The summed E-state index contributed by atoms with van der Waals surface area (Å²) in [5.74, 6) is -0.347. The number of sulfonamides is 1. The zero-order valence-electron chi connectivity index (χ0n) is 23.1. The molecular formula is C30H28F3N3O5S. The standard InChI is InChI=1S/C30H28F3N3O5S/c1-35(42(3,38)39)28-23-13-20(12-18-4-8-21(31)9-5-18)14-34-27(23)29(41-17-19-6-10-22(40-2)11-7-19)26-24(28)15-36(30(26)37)16-25(32)33/h4-11,13-14,25H,12,15-17H2,1-3H3. The fourth-order valence-electron chi connectivity index (χ4n) is 5.00. The number of carbonyl (C=O) groups is 1. The number of carbonyl (C=O) groups excluding carboxylic acids is 1. The number of anilines is 1. The largest absolute Gasteiger partial charge is 0.497 e. The molecule has 1 aromatic heterocycles. The fraction of sp³-hybridized carbons (Fsp3) is 0.267. The summed E-state index contributed by atoms with van der Waals surface area (Å²) in [6.45, 7) is -1.04. The van der Waals surface area contributed by atoms with E-state index in [-0.39, 0.29) is 47.0 Å². The van der Waals surface area contributed by atoms with Crippen LogP contribution in [-0.2, 0) is 29.6 Å². The second-order valence-corrected chi connectivity index (χ2v) is 12.0. The molecule has 2 heterocycles. The Morgan fingerprint density at radius 3 is 2.33 bits per heavy atom. The Labute approximate surface area is 241 Å². The Morgan fingerprint density at radius 2 is 1.71 bits per heavy atom. The minimum Gasteiger partial charge on any atom is -0.497 e. The lowest BCUT2D eigenvalue weighted by Crippen LogP contribution is -2.29. The Morgan fingerprint density at radius 1 is 1.05 bits per heavy atom. The molecule has 0 spiro atoms. The molecule has 0 radical (unpaired) electrons. The summed E-state index contributed by atoms with van der Waals surface area (Å²) in [7, 11) is -0.958. The average molecular weight is 600 g/mol. The molecule has 0 saturated heterocycles. The molecule has 3 aromatic carbocycles. The van der Waals surface area contributed by atoms with Crippen LogP contribution in [0, 0.1) is 5.82 Å². The van der Waals surface area contributed by atoms with Crippen LogP contribution >= 0.6 is 0 Å². The van der Waals surface area contributed by atoms with E-state index in [1.165, 1.54) is 19.2 Å². The molecule has 4 aromatic rings. The molecule has 0 bridgehead atoms. The first-order valence-electron chi connectivity index (χ1n) is 12.9. The lowest BCUT2D eigenvalue weighted by Gasteiger charge is -2.24. The van der Waals surface area contributed by atoms with E-state index in [1.807, 2.05) is 0 Å². The van der Waals surface area contributed by atoms with Gasteiger partial charge in [-0.25, -0.2) is 21.6 Å². The quantitative estimate of drug-likeness (QED) is 0.250. The first kappa shape index (κ1) is 29.2. The van der Waals surface area contributed by atoms with Gasteiger partial charge in [0.1, 0.15) is 23.7 Å². The van der Waals surface area contributed by atoms with E-state index in [0.717, 1.165) is 26.6 Å². The van der Waals surface area contributed by atoms with Gasteiger partial charge in [-0.3, -0.25) is 14.1 Å². The number of alkyl halides is 2. The highest BCUT2D eigenvalue weighted by atomic mass is 32.2. The highest BCUT2D eigenvalue weighted by Gasteiger charge is 2.38. The molecule has 0 aliphatic carbocycles. The van der Waals surface area contributed by atoms with Crippen LogP contribution in [0.25, 0.3) is 10.9 Å².